The van der Waals surface area contributed by atoms with E-state index in [-0.39, 0.29) is 0 Å². The van der Waals surface area contributed by atoms with Gasteiger partial charge in [-0.15, -0.1) is 5.10 Å². The van der Waals surface area contributed by atoms with Gasteiger partial charge in [-0.1, -0.05) is 0 Å². The highest BCUT2D eigenvalue weighted by molar-refractivity contribution is 5.90. The van der Waals surface area contributed by atoms with E-state index in [1.165, 1.54) is 0 Å². The third-order valence-corrected chi connectivity index (χ3v) is 3.29. The molecule has 1 fully saturated rings. The molecule has 0 aliphatic carbocycles. The highest BCUT2D eigenvalue weighted by Crippen LogP contribution is 2.22. The number of rotatable bonds is 2. The first-order valence-corrected chi connectivity index (χ1v) is 6.26. The molecular formula is C13H16N4O. The topological polar surface area (TPSA) is 59.9 Å². The van der Waals surface area contributed by atoms with E-state index in [1.807, 2.05) is 12.3 Å². The van der Waals surface area contributed by atoms with Gasteiger partial charge in [-0.25, -0.2) is 0 Å². The fraction of sp³-hybridized carbons (Fsp3) is 0.462. The van der Waals surface area contributed by atoms with Crippen LogP contribution in [0.3, 0.4) is 0 Å². The van der Waals surface area contributed by atoms with Crippen LogP contribution in [0.5, 0.6) is 0 Å². The van der Waals surface area contributed by atoms with Crippen LogP contribution in [0.15, 0.2) is 24.7 Å². The molecule has 18 heavy (non-hydrogen) atoms. The van der Waals surface area contributed by atoms with Crippen molar-refractivity contribution in [3.05, 3.63) is 24.7 Å². The van der Waals surface area contributed by atoms with Crippen LogP contribution in [0.25, 0.3) is 10.8 Å². The molecule has 1 N–H and O–H groups in total. The second kappa shape index (κ2) is 4.86. The van der Waals surface area contributed by atoms with E-state index in [2.05, 4.69) is 27.4 Å². The number of hydrogen-bond donors (Lipinski definition) is 1. The summed E-state index contributed by atoms with van der Waals surface area (Å²) < 4.78 is 5.54. The standard InChI is InChI=1S/C13H16N4O/c1-9-6-11(3-5-18-9)16-13-12-8-14-4-2-10(12)7-15-17-13/h2,4,7-9,11H,3,5-6H2,1H3,(H,16,17)/t9-,11-/m1/s1. The predicted octanol–water partition coefficient (Wildman–Crippen LogP) is 2.00. The molecule has 1 saturated heterocycles. The van der Waals surface area contributed by atoms with Gasteiger partial charge in [-0.05, 0) is 25.8 Å². The normalized spacial score (nSPS) is 24.1. The maximum atomic E-state index is 5.54. The summed E-state index contributed by atoms with van der Waals surface area (Å²) in [5.41, 5.74) is 0. The molecule has 0 saturated carbocycles. The molecule has 2 atom stereocenters. The van der Waals surface area contributed by atoms with Crippen molar-refractivity contribution in [3.8, 4) is 0 Å². The molecule has 0 radical (unpaired) electrons. The Kier molecular flexibility index (Phi) is 3.06. The van der Waals surface area contributed by atoms with Gasteiger partial charge in [0.2, 0.25) is 0 Å². The molecule has 5 nitrogen and oxygen atoms in total. The Morgan fingerprint density at radius 2 is 2.33 bits per heavy atom. The number of aromatic nitrogens is 3. The second-order valence-corrected chi connectivity index (χ2v) is 4.70. The fourth-order valence-electron chi connectivity index (χ4n) is 2.35. The summed E-state index contributed by atoms with van der Waals surface area (Å²) in [6.45, 7) is 2.90. The summed E-state index contributed by atoms with van der Waals surface area (Å²) >= 11 is 0. The Hall–Kier alpha value is -1.75. The number of ether oxygens (including phenoxy) is 1. The first-order chi connectivity index (χ1) is 8.83. The molecule has 0 unspecified atom stereocenters. The molecule has 0 aromatic carbocycles. The quantitative estimate of drug-likeness (QED) is 0.875. The number of fused-ring (bicyclic) bond motifs is 1. The minimum atomic E-state index is 0.303. The zero-order chi connectivity index (χ0) is 12.4. The number of hydrogen-bond acceptors (Lipinski definition) is 5. The van der Waals surface area contributed by atoms with Gasteiger partial charge in [0.25, 0.3) is 0 Å². The van der Waals surface area contributed by atoms with E-state index in [4.69, 9.17) is 4.74 Å². The number of nitrogens with one attached hydrogen (secondary N) is 1. The van der Waals surface area contributed by atoms with Crippen LogP contribution in [-0.2, 0) is 4.74 Å². The number of anilines is 1. The van der Waals surface area contributed by atoms with Gasteiger partial charge in [0.1, 0.15) is 0 Å². The van der Waals surface area contributed by atoms with Gasteiger partial charge < -0.3 is 10.1 Å². The Balaban J connectivity index is 1.86. The van der Waals surface area contributed by atoms with E-state index in [9.17, 15) is 0 Å². The predicted molar refractivity (Wildman–Crippen MR) is 69.4 cm³/mol. The van der Waals surface area contributed by atoms with E-state index in [0.29, 0.717) is 12.1 Å². The first-order valence-electron chi connectivity index (χ1n) is 6.26. The second-order valence-electron chi connectivity index (χ2n) is 4.70. The monoisotopic (exact) mass is 244 g/mol. The lowest BCUT2D eigenvalue weighted by Crippen LogP contribution is -2.32. The summed E-state index contributed by atoms with van der Waals surface area (Å²) in [4.78, 5) is 4.15. The smallest absolute Gasteiger partial charge is 0.158 e. The largest absolute Gasteiger partial charge is 0.378 e. The summed E-state index contributed by atoms with van der Waals surface area (Å²) in [7, 11) is 0. The highest BCUT2D eigenvalue weighted by Gasteiger charge is 2.20. The Bertz CT molecular complexity index is 540. The highest BCUT2D eigenvalue weighted by atomic mass is 16.5. The van der Waals surface area contributed by atoms with Crippen LogP contribution in [0.2, 0.25) is 0 Å². The lowest BCUT2D eigenvalue weighted by molar-refractivity contribution is 0.0232. The molecule has 3 heterocycles. The van der Waals surface area contributed by atoms with Crippen molar-refractivity contribution in [2.45, 2.75) is 31.9 Å². The summed E-state index contributed by atoms with van der Waals surface area (Å²) in [5.74, 6) is 0.819. The molecule has 0 bridgehead atoms. The molecule has 5 heteroatoms. The van der Waals surface area contributed by atoms with Crippen molar-refractivity contribution in [3.63, 3.8) is 0 Å². The van der Waals surface area contributed by atoms with Crippen LogP contribution >= 0.6 is 0 Å². The van der Waals surface area contributed by atoms with Crippen LogP contribution in [0.1, 0.15) is 19.8 Å². The van der Waals surface area contributed by atoms with E-state index in [0.717, 1.165) is 36.0 Å². The molecular weight excluding hydrogens is 228 g/mol. The molecule has 1 aliphatic heterocycles. The van der Waals surface area contributed by atoms with Crippen molar-refractivity contribution < 1.29 is 4.74 Å². The van der Waals surface area contributed by atoms with Gasteiger partial charge in [0.05, 0.1) is 12.3 Å². The molecule has 3 rings (SSSR count). The molecule has 94 valence electrons. The van der Waals surface area contributed by atoms with Crippen LogP contribution in [0.4, 0.5) is 5.82 Å². The van der Waals surface area contributed by atoms with Crippen LogP contribution < -0.4 is 5.32 Å². The summed E-state index contributed by atoms with van der Waals surface area (Å²) in [5, 5.41) is 13.7. The third-order valence-electron chi connectivity index (χ3n) is 3.29. The molecule has 1 aliphatic rings. The van der Waals surface area contributed by atoms with Crippen LogP contribution in [-0.4, -0.2) is 33.9 Å². The van der Waals surface area contributed by atoms with Gasteiger partial charge in [-0.3, -0.25) is 4.98 Å². The maximum Gasteiger partial charge on any atom is 0.158 e. The molecule has 2 aromatic rings. The van der Waals surface area contributed by atoms with Gasteiger partial charge in [-0.2, -0.15) is 5.10 Å². The van der Waals surface area contributed by atoms with Crippen molar-refractivity contribution in [2.24, 2.45) is 0 Å². The zero-order valence-corrected chi connectivity index (χ0v) is 10.3. The first kappa shape index (κ1) is 11.3. The van der Waals surface area contributed by atoms with Crippen molar-refractivity contribution in [1.82, 2.24) is 15.2 Å². The van der Waals surface area contributed by atoms with Crippen molar-refractivity contribution in [1.29, 1.82) is 0 Å². The number of nitrogens with zero attached hydrogens (tertiary/aromatic N) is 3. The van der Waals surface area contributed by atoms with E-state index in [1.54, 1.807) is 12.4 Å². The summed E-state index contributed by atoms with van der Waals surface area (Å²) in [6.07, 6.45) is 7.66. The Morgan fingerprint density at radius 3 is 3.22 bits per heavy atom. The molecule has 0 spiro atoms. The van der Waals surface area contributed by atoms with Gasteiger partial charge >= 0.3 is 0 Å². The zero-order valence-electron chi connectivity index (χ0n) is 10.3. The lowest BCUT2D eigenvalue weighted by atomic mass is 10.0. The third kappa shape index (κ3) is 2.26. The fourth-order valence-corrected chi connectivity index (χ4v) is 2.35. The molecule has 0 amide bonds. The Morgan fingerprint density at radius 1 is 1.39 bits per heavy atom. The van der Waals surface area contributed by atoms with Gasteiger partial charge in [0, 0.05) is 35.8 Å². The van der Waals surface area contributed by atoms with Crippen molar-refractivity contribution >= 4 is 16.6 Å². The lowest BCUT2D eigenvalue weighted by Gasteiger charge is -2.28. The van der Waals surface area contributed by atoms with E-state index < -0.39 is 0 Å². The Labute approximate surface area is 106 Å². The van der Waals surface area contributed by atoms with E-state index >= 15 is 0 Å². The SMILES string of the molecule is C[C@@H]1C[C@H](Nc2nncc3ccncc23)CCO1. The summed E-state index contributed by atoms with van der Waals surface area (Å²) in [6, 6.07) is 2.34. The maximum absolute atomic E-state index is 5.54. The number of pyridine rings is 1. The average Bonchev–Trinajstić information content (AvgIpc) is 2.39. The van der Waals surface area contributed by atoms with Crippen molar-refractivity contribution in [2.75, 3.05) is 11.9 Å². The minimum absolute atomic E-state index is 0.303. The minimum Gasteiger partial charge on any atom is -0.378 e. The van der Waals surface area contributed by atoms with Gasteiger partial charge in [0.15, 0.2) is 5.82 Å². The average molecular weight is 244 g/mol. The van der Waals surface area contributed by atoms with Crippen LogP contribution in [0, 0.1) is 0 Å². The molecule has 2 aromatic heterocycles.